The minimum atomic E-state index is -0.507. The van der Waals surface area contributed by atoms with E-state index in [1.165, 1.54) is 12.1 Å². The number of nitro benzene ring substituents is 1. The molecule has 1 heterocycles. The fraction of sp³-hybridized carbons (Fsp3) is 0.0667. The molecule has 0 unspecified atom stereocenters. The summed E-state index contributed by atoms with van der Waals surface area (Å²) in [6.07, 6.45) is 8.75. The number of fused-ring (bicyclic) bond motifs is 1. The summed E-state index contributed by atoms with van der Waals surface area (Å²) in [5.74, 6) is 0.443. The summed E-state index contributed by atoms with van der Waals surface area (Å²) < 4.78 is 5.63. The van der Waals surface area contributed by atoms with Gasteiger partial charge in [-0.25, -0.2) is 0 Å². The molecular weight excluding hydrogens is 258 g/mol. The Bertz CT molecular complexity index is 724. The van der Waals surface area contributed by atoms with Gasteiger partial charge in [0.05, 0.1) is 10.5 Å². The lowest BCUT2D eigenvalue weighted by Crippen LogP contribution is -2.08. The molecule has 0 saturated carbocycles. The normalized spacial score (nSPS) is 15.9. The molecule has 1 aromatic carbocycles. The zero-order chi connectivity index (χ0) is 14.3. The van der Waals surface area contributed by atoms with E-state index in [4.69, 9.17) is 4.74 Å². The van der Waals surface area contributed by atoms with Crippen LogP contribution in [0.3, 0.4) is 0 Å². The van der Waals surface area contributed by atoms with Gasteiger partial charge in [0.15, 0.2) is 0 Å². The number of ether oxygens (including phenoxy) is 1. The Hall–Kier alpha value is -2.82. The van der Waals surface area contributed by atoms with Gasteiger partial charge in [-0.05, 0) is 18.6 Å². The molecule has 0 spiro atoms. The number of allylic oxidation sites excluding steroid dienone is 6. The number of hydrogen-bond acceptors (Lipinski definition) is 4. The molecule has 0 amide bonds. The minimum Gasteiger partial charge on any atom is -0.507 e. The summed E-state index contributed by atoms with van der Waals surface area (Å²) in [5.41, 5.74) is 1.64. The molecule has 0 radical (unpaired) electrons. The summed E-state index contributed by atoms with van der Waals surface area (Å²) in [4.78, 5) is 10.6. The second kappa shape index (κ2) is 4.38. The fourth-order valence-corrected chi connectivity index (χ4v) is 2.21. The smallest absolute Gasteiger partial charge is 0.312 e. The summed E-state index contributed by atoms with van der Waals surface area (Å²) in [5, 5.41) is 21.2. The van der Waals surface area contributed by atoms with Gasteiger partial charge in [-0.15, -0.1) is 0 Å². The van der Waals surface area contributed by atoms with Crippen LogP contribution in [0.2, 0.25) is 0 Å². The quantitative estimate of drug-likeness (QED) is 0.624. The average Bonchev–Trinajstić information content (AvgIpc) is 2.92. The van der Waals surface area contributed by atoms with Crippen LogP contribution in [-0.2, 0) is 0 Å². The van der Waals surface area contributed by atoms with E-state index in [1.54, 1.807) is 13.0 Å². The van der Waals surface area contributed by atoms with E-state index in [9.17, 15) is 15.2 Å². The number of aliphatic hydroxyl groups is 1. The number of aryl methyl sites for hydroxylation is 1. The molecule has 2 aliphatic rings. The maximum absolute atomic E-state index is 11.1. The highest BCUT2D eigenvalue weighted by Crippen LogP contribution is 2.41. The van der Waals surface area contributed by atoms with Gasteiger partial charge in [0.25, 0.3) is 0 Å². The maximum Gasteiger partial charge on any atom is 0.312 e. The van der Waals surface area contributed by atoms with Crippen molar-refractivity contribution in [2.24, 2.45) is 0 Å². The molecule has 5 nitrogen and oxygen atoms in total. The first-order chi connectivity index (χ1) is 9.56. The Balaban J connectivity index is 2.22. The van der Waals surface area contributed by atoms with Crippen LogP contribution in [0.1, 0.15) is 11.1 Å². The number of nitrogens with zero attached hydrogens (tertiary/aromatic N) is 1. The lowest BCUT2D eigenvalue weighted by atomic mass is 10.0. The molecule has 100 valence electrons. The molecule has 5 heteroatoms. The molecule has 1 aromatic rings. The van der Waals surface area contributed by atoms with Crippen molar-refractivity contribution in [3.8, 4) is 5.75 Å². The topological polar surface area (TPSA) is 72.6 Å². The Labute approximate surface area is 115 Å². The maximum atomic E-state index is 11.1. The lowest BCUT2D eigenvalue weighted by molar-refractivity contribution is -0.385. The fourth-order valence-electron chi connectivity index (χ4n) is 2.21. The number of hydrogen-bond donors (Lipinski definition) is 1. The Morgan fingerprint density at radius 3 is 2.60 bits per heavy atom. The van der Waals surface area contributed by atoms with Gasteiger partial charge >= 0.3 is 5.69 Å². The first-order valence-corrected chi connectivity index (χ1v) is 6.03. The molecule has 1 N–H and O–H groups in total. The van der Waals surface area contributed by atoms with Crippen molar-refractivity contribution < 1.29 is 14.8 Å². The monoisotopic (exact) mass is 269 g/mol. The van der Waals surface area contributed by atoms with Crippen molar-refractivity contribution in [2.75, 3.05) is 0 Å². The van der Waals surface area contributed by atoms with E-state index in [0.29, 0.717) is 16.9 Å². The van der Waals surface area contributed by atoms with Crippen LogP contribution in [0.15, 0.2) is 53.8 Å². The van der Waals surface area contributed by atoms with E-state index in [-0.39, 0.29) is 17.2 Å². The van der Waals surface area contributed by atoms with Crippen LogP contribution in [0.4, 0.5) is 5.69 Å². The predicted molar refractivity (Wildman–Crippen MR) is 74.4 cm³/mol. The predicted octanol–water partition coefficient (Wildman–Crippen LogP) is 3.57. The highest BCUT2D eigenvalue weighted by Gasteiger charge is 2.27. The molecule has 1 aliphatic heterocycles. The third-order valence-electron chi connectivity index (χ3n) is 3.11. The molecular formula is C15H11NO4. The minimum absolute atomic E-state index is 0.0331. The standard InChI is InChI=1S/C15H11NO4/c1-9-6-11-13(17)8-14(10-4-2-3-5-10)20-15(11)12(7-9)16(18)19/h2-8,17H,1H3. The largest absolute Gasteiger partial charge is 0.507 e. The van der Waals surface area contributed by atoms with Crippen LogP contribution in [0, 0.1) is 17.0 Å². The van der Waals surface area contributed by atoms with Crippen LogP contribution in [0.5, 0.6) is 5.75 Å². The van der Waals surface area contributed by atoms with E-state index in [2.05, 4.69) is 0 Å². The van der Waals surface area contributed by atoms with Gasteiger partial charge in [0, 0.05) is 17.7 Å². The van der Waals surface area contributed by atoms with E-state index in [1.807, 2.05) is 24.3 Å². The Kier molecular flexibility index (Phi) is 2.68. The van der Waals surface area contributed by atoms with E-state index < -0.39 is 4.92 Å². The van der Waals surface area contributed by atoms with Crippen LogP contribution in [0.25, 0.3) is 5.76 Å². The lowest BCUT2D eigenvalue weighted by Gasteiger charge is -2.18. The molecule has 0 bridgehead atoms. The summed E-state index contributed by atoms with van der Waals surface area (Å²) in [7, 11) is 0. The molecule has 20 heavy (non-hydrogen) atoms. The van der Waals surface area contributed by atoms with Gasteiger partial charge in [0.1, 0.15) is 11.5 Å². The van der Waals surface area contributed by atoms with Gasteiger partial charge in [-0.1, -0.05) is 24.3 Å². The third-order valence-corrected chi connectivity index (χ3v) is 3.11. The number of aliphatic hydroxyl groups excluding tert-OH is 1. The second-order valence-corrected chi connectivity index (χ2v) is 4.59. The Morgan fingerprint density at radius 1 is 1.25 bits per heavy atom. The molecule has 3 rings (SSSR count). The summed E-state index contributed by atoms with van der Waals surface area (Å²) >= 11 is 0. The highest BCUT2D eigenvalue weighted by atomic mass is 16.6. The molecule has 0 saturated heterocycles. The number of nitro groups is 1. The van der Waals surface area contributed by atoms with Gasteiger partial charge in [-0.3, -0.25) is 10.1 Å². The van der Waals surface area contributed by atoms with Crippen LogP contribution >= 0.6 is 0 Å². The van der Waals surface area contributed by atoms with Crippen LogP contribution < -0.4 is 4.74 Å². The SMILES string of the molecule is Cc1cc2c(c([N+](=O)[O-])c1)OC(=C1C=CC=C1)C=C2O. The van der Waals surface area contributed by atoms with Crippen molar-refractivity contribution in [1.29, 1.82) is 0 Å². The van der Waals surface area contributed by atoms with E-state index >= 15 is 0 Å². The van der Waals surface area contributed by atoms with Gasteiger partial charge in [0.2, 0.25) is 5.75 Å². The van der Waals surface area contributed by atoms with Crippen molar-refractivity contribution in [1.82, 2.24) is 0 Å². The zero-order valence-corrected chi connectivity index (χ0v) is 10.7. The highest BCUT2D eigenvalue weighted by molar-refractivity contribution is 5.75. The molecule has 0 atom stereocenters. The summed E-state index contributed by atoms with van der Waals surface area (Å²) in [6, 6.07) is 3.09. The zero-order valence-electron chi connectivity index (χ0n) is 10.7. The van der Waals surface area contributed by atoms with Crippen LogP contribution in [-0.4, -0.2) is 10.0 Å². The van der Waals surface area contributed by atoms with Gasteiger partial charge < -0.3 is 9.84 Å². The Morgan fingerprint density at radius 2 is 1.95 bits per heavy atom. The number of rotatable bonds is 1. The third kappa shape index (κ3) is 1.89. The first kappa shape index (κ1) is 12.2. The summed E-state index contributed by atoms with van der Waals surface area (Å²) in [6.45, 7) is 1.73. The van der Waals surface area contributed by atoms with Crippen molar-refractivity contribution in [2.45, 2.75) is 6.92 Å². The van der Waals surface area contributed by atoms with E-state index in [0.717, 1.165) is 5.57 Å². The number of benzene rings is 1. The van der Waals surface area contributed by atoms with Crippen molar-refractivity contribution in [3.05, 3.63) is 75.1 Å². The molecule has 0 aromatic heterocycles. The van der Waals surface area contributed by atoms with Gasteiger partial charge in [-0.2, -0.15) is 0 Å². The first-order valence-electron chi connectivity index (χ1n) is 6.03. The van der Waals surface area contributed by atoms with Crippen molar-refractivity contribution >= 4 is 11.4 Å². The average molecular weight is 269 g/mol. The van der Waals surface area contributed by atoms with Crippen molar-refractivity contribution in [3.63, 3.8) is 0 Å². The molecule has 1 aliphatic carbocycles. The molecule has 0 fully saturated rings. The second-order valence-electron chi connectivity index (χ2n) is 4.59.